The van der Waals surface area contributed by atoms with Crippen molar-refractivity contribution in [2.45, 2.75) is 16.1 Å². The minimum Gasteiger partial charge on any atom is -0.0875 e. The van der Waals surface area contributed by atoms with E-state index in [0.717, 1.165) is 5.92 Å². The average Bonchev–Trinajstić information content (AvgIpc) is 2.65. The minimum absolute atomic E-state index is 0.678. The fraction of sp³-hybridized carbons (Fsp3) is 0.400. The van der Waals surface area contributed by atoms with Gasteiger partial charge < -0.3 is 0 Å². The topological polar surface area (TPSA) is 0 Å². The summed E-state index contributed by atoms with van der Waals surface area (Å²) in [7, 11) is 0. The molecule has 1 saturated carbocycles. The summed E-state index contributed by atoms with van der Waals surface area (Å²) in [6.07, 6.45) is 1.19. The third kappa shape index (κ3) is 1.74. The summed E-state index contributed by atoms with van der Waals surface area (Å²) in [6, 6.07) is 10.7. The van der Waals surface area contributed by atoms with E-state index in [0.29, 0.717) is 9.65 Å². The molecule has 0 spiro atoms. The van der Waals surface area contributed by atoms with Crippen molar-refractivity contribution in [3.8, 4) is 0 Å². The molecule has 0 amide bonds. The van der Waals surface area contributed by atoms with Gasteiger partial charge in [0.25, 0.3) is 0 Å². The highest BCUT2D eigenvalue weighted by Crippen LogP contribution is 2.46. The van der Waals surface area contributed by atoms with E-state index in [9.17, 15) is 0 Å². The van der Waals surface area contributed by atoms with Crippen LogP contribution in [0.25, 0.3) is 0 Å². The first-order chi connectivity index (χ1) is 5.79. The predicted molar refractivity (Wildman–Crippen MR) is 59.1 cm³/mol. The summed E-state index contributed by atoms with van der Waals surface area (Å²) in [5, 5.41) is 0. The SMILES string of the molecule is BrC1C(Br)C1Cc1ccccc1. The fourth-order valence-corrected chi connectivity index (χ4v) is 3.28. The quantitative estimate of drug-likeness (QED) is 0.732. The van der Waals surface area contributed by atoms with Crippen molar-refractivity contribution in [3.63, 3.8) is 0 Å². The molecular weight excluding hydrogens is 280 g/mol. The monoisotopic (exact) mass is 288 g/mol. The standard InChI is InChI=1S/C10H10Br2/c11-9-8(10(9)12)6-7-4-2-1-3-5-7/h1-5,8-10H,6H2. The van der Waals surface area contributed by atoms with Crippen LogP contribution in [-0.4, -0.2) is 9.65 Å². The molecule has 0 bridgehead atoms. The molecular formula is C10H10Br2. The first kappa shape index (κ1) is 8.76. The van der Waals surface area contributed by atoms with E-state index in [1.54, 1.807) is 0 Å². The van der Waals surface area contributed by atoms with Gasteiger partial charge >= 0.3 is 0 Å². The van der Waals surface area contributed by atoms with E-state index in [1.807, 2.05) is 0 Å². The molecule has 2 heteroatoms. The molecule has 2 rings (SSSR count). The van der Waals surface area contributed by atoms with E-state index >= 15 is 0 Å². The normalized spacial score (nSPS) is 33.3. The van der Waals surface area contributed by atoms with Gasteiger partial charge in [-0.1, -0.05) is 62.2 Å². The molecule has 64 valence electrons. The van der Waals surface area contributed by atoms with Crippen LogP contribution in [0.1, 0.15) is 5.56 Å². The van der Waals surface area contributed by atoms with Crippen molar-refractivity contribution >= 4 is 31.9 Å². The largest absolute Gasteiger partial charge is 0.0875 e. The second kappa shape index (κ2) is 3.51. The number of alkyl halides is 2. The average molecular weight is 290 g/mol. The molecule has 0 aliphatic heterocycles. The maximum atomic E-state index is 3.62. The molecule has 0 radical (unpaired) electrons. The molecule has 12 heavy (non-hydrogen) atoms. The Hall–Kier alpha value is 0.180. The summed E-state index contributed by atoms with van der Waals surface area (Å²) in [4.78, 5) is 1.36. The van der Waals surface area contributed by atoms with Gasteiger partial charge in [0.2, 0.25) is 0 Å². The van der Waals surface area contributed by atoms with Crippen LogP contribution in [-0.2, 0) is 6.42 Å². The van der Waals surface area contributed by atoms with Crippen LogP contribution in [0, 0.1) is 5.92 Å². The van der Waals surface area contributed by atoms with Crippen molar-refractivity contribution in [1.29, 1.82) is 0 Å². The third-order valence-electron chi connectivity index (χ3n) is 2.30. The Labute approximate surface area is 89.6 Å². The highest BCUT2D eigenvalue weighted by atomic mass is 79.9. The Bertz CT molecular complexity index is 250. The highest BCUT2D eigenvalue weighted by molar-refractivity contribution is 9.13. The number of hydrogen-bond acceptors (Lipinski definition) is 0. The Balaban J connectivity index is 1.97. The number of benzene rings is 1. The Morgan fingerprint density at radius 3 is 2.08 bits per heavy atom. The second-order valence-electron chi connectivity index (χ2n) is 3.24. The number of rotatable bonds is 2. The summed E-state index contributed by atoms with van der Waals surface area (Å²) in [5.74, 6) is 0.785. The maximum Gasteiger partial charge on any atom is 0.0316 e. The molecule has 0 saturated heterocycles. The van der Waals surface area contributed by atoms with Gasteiger partial charge in [-0.25, -0.2) is 0 Å². The molecule has 2 atom stereocenters. The van der Waals surface area contributed by atoms with E-state index in [-0.39, 0.29) is 0 Å². The van der Waals surface area contributed by atoms with Gasteiger partial charge in [-0.05, 0) is 17.9 Å². The fourth-order valence-electron chi connectivity index (χ4n) is 1.40. The zero-order valence-corrected chi connectivity index (χ0v) is 9.75. The van der Waals surface area contributed by atoms with Crippen molar-refractivity contribution in [2.24, 2.45) is 5.92 Å². The van der Waals surface area contributed by atoms with Crippen LogP contribution in [0.4, 0.5) is 0 Å². The van der Waals surface area contributed by atoms with Crippen LogP contribution >= 0.6 is 31.9 Å². The van der Waals surface area contributed by atoms with Crippen molar-refractivity contribution in [3.05, 3.63) is 35.9 Å². The first-order valence-electron chi connectivity index (χ1n) is 4.11. The zero-order chi connectivity index (χ0) is 8.55. The summed E-state index contributed by atoms with van der Waals surface area (Å²) < 4.78 is 0. The Morgan fingerprint density at radius 1 is 1.00 bits per heavy atom. The predicted octanol–water partition coefficient (Wildman–Crippen LogP) is 3.39. The first-order valence-corrected chi connectivity index (χ1v) is 5.94. The lowest BCUT2D eigenvalue weighted by Crippen LogP contribution is -1.88. The third-order valence-corrected chi connectivity index (χ3v) is 5.50. The summed E-state index contributed by atoms with van der Waals surface area (Å²) in [5.41, 5.74) is 1.44. The molecule has 1 aliphatic rings. The van der Waals surface area contributed by atoms with E-state index in [4.69, 9.17) is 0 Å². The van der Waals surface area contributed by atoms with Gasteiger partial charge in [0.15, 0.2) is 0 Å². The maximum absolute atomic E-state index is 3.62. The minimum atomic E-state index is 0.678. The van der Waals surface area contributed by atoms with Gasteiger partial charge in [-0.15, -0.1) is 0 Å². The number of halogens is 2. The van der Waals surface area contributed by atoms with Gasteiger partial charge in [-0.3, -0.25) is 0 Å². The van der Waals surface area contributed by atoms with Crippen molar-refractivity contribution in [2.75, 3.05) is 0 Å². The number of hydrogen-bond donors (Lipinski definition) is 0. The van der Waals surface area contributed by atoms with Crippen LogP contribution in [0.2, 0.25) is 0 Å². The lowest BCUT2D eigenvalue weighted by atomic mass is 10.1. The van der Waals surface area contributed by atoms with E-state index < -0.39 is 0 Å². The van der Waals surface area contributed by atoms with Gasteiger partial charge in [0.1, 0.15) is 0 Å². The molecule has 1 aliphatic carbocycles. The molecule has 0 heterocycles. The molecule has 0 nitrogen and oxygen atoms in total. The molecule has 1 aromatic rings. The van der Waals surface area contributed by atoms with Gasteiger partial charge in [0.05, 0.1) is 0 Å². The van der Waals surface area contributed by atoms with Crippen LogP contribution in [0.3, 0.4) is 0 Å². The van der Waals surface area contributed by atoms with Crippen LogP contribution in [0.15, 0.2) is 30.3 Å². The lowest BCUT2D eigenvalue weighted by molar-refractivity contribution is 0.845. The molecule has 2 unspecified atom stereocenters. The highest BCUT2D eigenvalue weighted by Gasteiger charge is 2.46. The van der Waals surface area contributed by atoms with Crippen molar-refractivity contribution < 1.29 is 0 Å². The molecule has 1 fully saturated rings. The van der Waals surface area contributed by atoms with Gasteiger partial charge in [-0.2, -0.15) is 0 Å². The Kier molecular flexibility index (Phi) is 2.56. The Morgan fingerprint density at radius 2 is 1.58 bits per heavy atom. The zero-order valence-electron chi connectivity index (χ0n) is 6.58. The van der Waals surface area contributed by atoms with Gasteiger partial charge in [0, 0.05) is 9.65 Å². The molecule has 0 aromatic heterocycles. The molecule has 1 aromatic carbocycles. The molecule has 0 N–H and O–H groups in total. The second-order valence-corrected chi connectivity index (χ2v) is 5.36. The lowest BCUT2D eigenvalue weighted by Gasteiger charge is -1.97. The van der Waals surface area contributed by atoms with Crippen LogP contribution in [0.5, 0.6) is 0 Å². The van der Waals surface area contributed by atoms with Crippen LogP contribution < -0.4 is 0 Å². The summed E-state index contributed by atoms with van der Waals surface area (Å²) in [6.45, 7) is 0. The van der Waals surface area contributed by atoms with E-state index in [2.05, 4.69) is 62.2 Å². The van der Waals surface area contributed by atoms with Crippen molar-refractivity contribution in [1.82, 2.24) is 0 Å². The van der Waals surface area contributed by atoms with E-state index in [1.165, 1.54) is 12.0 Å². The smallest absolute Gasteiger partial charge is 0.0316 e. The summed E-state index contributed by atoms with van der Waals surface area (Å²) >= 11 is 7.25.